The lowest BCUT2D eigenvalue weighted by atomic mass is 10.2. The summed E-state index contributed by atoms with van der Waals surface area (Å²) in [5.41, 5.74) is 1.69. The Hall–Kier alpha value is -1.56. The van der Waals surface area contributed by atoms with Gasteiger partial charge in [-0.2, -0.15) is 0 Å². The SMILES string of the molecule is Cc1cc(Br)ccc1NC(=O)CNC(=O)NC(C)C. The first-order valence-electron chi connectivity index (χ1n) is 5.99. The van der Waals surface area contributed by atoms with Crippen molar-refractivity contribution in [1.82, 2.24) is 10.6 Å². The van der Waals surface area contributed by atoms with Crippen LogP contribution in [0.3, 0.4) is 0 Å². The van der Waals surface area contributed by atoms with Gasteiger partial charge in [-0.15, -0.1) is 0 Å². The minimum Gasteiger partial charge on any atom is -0.336 e. The lowest BCUT2D eigenvalue weighted by Crippen LogP contribution is -2.42. The predicted octanol–water partition coefficient (Wildman–Crippen LogP) is 2.40. The molecule has 0 unspecified atom stereocenters. The molecule has 0 bridgehead atoms. The first kappa shape index (κ1) is 15.5. The highest BCUT2D eigenvalue weighted by Gasteiger charge is 2.07. The minimum absolute atomic E-state index is 0.0387. The number of amides is 3. The Labute approximate surface area is 121 Å². The molecule has 0 spiro atoms. The number of carbonyl (C=O) groups is 2. The fraction of sp³-hybridized carbons (Fsp3) is 0.385. The molecular weight excluding hydrogens is 310 g/mol. The van der Waals surface area contributed by atoms with Crippen LogP contribution in [0.4, 0.5) is 10.5 Å². The molecule has 0 radical (unpaired) electrons. The van der Waals surface area contributed by atoms with Gasteiger partial charge in [0.1, 0.15) is 0 Å². The second-order valence-corrected chi connectivity index (χ2v) is 5.40. The molecule has 0 heterocycles. The van der Waals surface area contributed by atoms with E-state index in [2.05, 4.69) is 31.9 Å². The Morgan fingerprint density at radius 3 is 2.58 bits per heavy atom. The van der Waals surface area contributed by atoms with E-state index in [-0.39, 0.29) is 24.5 Å². The average molecular weight is 328 g/mol. The van der Waals surface area contributed by atoms with Crippen molar-refractivity contribution < 1.29 is 9.59 Å². The van der Waals surface area contributed by atoms with E-state index in [1.54, 1.807) is 0 Å². The Morgan fingerprint density at radius 1 is 1.32 bits per heavy atom. The lowest BCUT2D eigenvalue weighted by Gasteiger charge is -2.11. The first-order chi connectivity index (χ1) is 8.88. The number of carbonyl (C=O) groups excluding carboxylic acids is 2. The number of urea groups is 1. The Balaban J connectivity index is 2.45. The molecule has 1 aromatic carbocycles. The van der Waals surface area contributed by atoms with Crippen LogP contribution in [0, 0.1) is 6.92 Å². The first-order valence-corrected chi connectivity index (χ1v) is 6.78. The van der Waals surface area contributed by atoms with Crippen molar-refractivity contribution in [3.8, 4) is 0 Å². The van der Waals surface area contributed by atoms with Gasteiger partial charge in [-0.05, 0) is 44.5 Å². The van der Waals surface area contributed by atoms with Crippen LogP contribution in [0.5, 0.6) is 0 Å². The van der Waals surface area contributed by atoms with Crippen molar-refractivity contribution in [2.24, 2.45) is 0 Å². The van der Waals surface area contributed by atoms with E-state index < -0.39 is 0 Å². The Morgan fingerprint density at radius 2 is 2.00 bits per heavy atom. The van der Waals surface area contributed by atoms with Crippen molar-refractivity contribution in [3.05, 3.63) is 28.2 Å². The lowest BCUT2D eigenvalue weighted by molar-refractivity contribution is -0.115. The summed E-state index contributed by atoms with van der Waals surface area (Å²) in [6, 6.07) is 5.26. The van der Waals surface area contributed by atoms with Gasteiger partial charge < -0.3 is 16.0 Å². The summed E-state index contributed by atoms with van der Waals surface area (Å²) in [7, 11) is 0. The fourth-order valence-electron chi connectivity index (χ4n) is 1.44. The smallest absolute Gasteiger partial charge is 0.315 e. The van der Waals surface area contributed by atoms with Crippen molar-refractivity contribution >= 4 is 33.6 Å². The van der Waals surface area contributed by atoms with E-state index in [1.807, 2.05) is 39.0 Å². The maximum Gasteiger partial charge on any atom is 0.315 e. The van der Waals surface area contributed by atoms with Gasteiger partial charge in [-0.25, -0.2) is 4.79 Å². The molecule has 0 atom stereocenters. The molecule has 3 N–H and O–H groups in total. The fourth-order valence-corrected chi connectivity index (χ4v) is 1.91. The quantitative estimate of drug-likeness (QED) is 0.794. The summed E-state index contributed by atoms with van der Waals surface area (Å²) in [6.45, 7) is 5.54. The topological polar surface area (TPSA) is 70.2 Å². The third-order valence-corrected chi connectivity index (χ3v) is 2.79. The van der Waals surface area contributed by atoms with Gasteiger partial charge >= 0.3 is 6.03 Å². The van der Waals surface area contributed by atoms with Crippen molar-refractivity contribution in [1.29, 1.82) is 0 Å². The van der Waals surface area contributed by atoms with E-state index in [0.29, 0.717) is 0 Å². The highest BCUT2D eigenvalue weighted by molar-refractivity contribution is 9.10. The van der Waals surface area contributed by atoms with Crippen LogP contribution < -0.4 is 16.0 Å². The predicted molar refractivity (Wildman–Crippen MR) is 79.2 cm³/mol. The van der Waals surface area contributed by atoms with Crippen molar-refractivity contribution in [2.75, 3.05) is 11.9 Å². The van der Waals surface area contributed by atoms with Crippen LogP contribution in [0.2, 0.25) is 0 Å². The van der Waals surface area contributed by atoms with Crippen LogP contribution in [0.1, 0.15) is 19.4 Å². The molecule has 0 saturated heterocycles. The summed E-state index contributed by atoms with van der Waals surface area (Å²) in [4.78, 5) is 23.0. The minimum atomic E-state index is -0.349. The van der Waals surface area contributed by atoms with Crippen LogP contribution in [-0.2, 0) is 4.79 Å². The van der Waals surface area contributed by atoms with Gasteiger partial charge in [-0.1, -0.05) is 15.9 Å². The number of aryl methyl sites for hydroxylation is 1. The van der Waals surface area contributed by atoms with Gasteiger partial charge in [0.15, 0.2) is 0 Å². The number of rotatable bonds is 4. The molecule has 0 saturated carbocycles. The molecule has 3 amide bonds. The molecule has 1 rings (SSSR count). The number of hydrogen-bond donors (Lipinski definition) is 3. The molecule has 19 heavy (non-hydrogen) atoms. The number of benzene rings is 1. The third-order valence-electron chi connectivity index (χ3n) is 2.29. The van der Waals surface area contributed by atoms with Crippen molar-refractivity contribution in [3.63, 3.8) is 0 Å². The molecule has 0 fully saturated rings. The number of nitrogens with one attached hydrogen (secondary N) is 3. The number of halogens is 1. The molecule has 0 aliphatic carbocycles. The van der Waals surface area contributed by atoms with E-state index in [1.165, 1.54) is 0 Å². The third kappa shape index (κ3) is 5.74. The standard InChI is InChI=1S/C13H18BrN3O2/c1-8(2)16-13(19)15-7-12(18)17-11-5-4-10(14)6-9(11)3/h4-6,8H,7H2,1-3H3,(H,17,18)(H2,15,16,19). The summed E-state index contributed by atoms with van der Waals surface area (Å²) in [5.74, 6) is -0.260. The average Bonchev–Trinajstić information content (AvgIpc) is 2.29. The van der Waals surface area contributed by atoms with Gasteiger partial charge in [-0.3, -0.25) is 4.79 Å². The molecule has 1 aromatic rings. The Bertz CT molecular complexity index is 475. The molecule has 0 aromatic heterocycles. The summed E-state index contributed by atoms with van der Waals surface area (Å²) >= 11 is 3.36. The van der Waals surface area contributed by atoms with E-state index >= 15 is 0 Å². The number of hydrogen-bond acceptors (Lipinski definition) is 2. The van der Waals surface area contributed by atoms with Gasteiger partial charge in [0.05, 0.1) is 6.54 Å². The van der Waals surface area contributed by atoms with Crippen molar-refractivity contribution in [2.45, 2.75) is 26.8 Å². The zero-order valence-corrected chi connectivity index (χ0v) is 12.8. The monoisotopic (exact) mass is 327 g/mol. The van der Waals surface area contributed by atoms with E-state index in [4.69, 9.17) is 0 Å². The van der Waals surface area contributed by atoms with Crippen LogP contribution in [0.25, 0.3) is 0 Å². The largest absolute Gasteiger partial charge is 0.336 e. The highest BCUT2D eigenvalue weighted by atomic mass is 79.9. The Kier molecular flexibility index (Phi) is 5.82. The molecular formula is C13H18BrN3O2. The summed E-state index contributed by atoms with van der Waals surface area (Å²) < 4.78 is 0.956. The highest BCUT2D eigenvalue weighted by Crippen LogP contribution is 2.19. The second kappa shape index (κ2) is 7.13. The maximum absolute atomic E-state index is 11.7. The van der Waals surface area contributed by atoms with Crippen LogP contribution in [-0.4, -0.2) is 24.5 Å². The van der Waals surface area contributed by atoms with Crippen LogP contribution >= 0.6 is 15.9 Å². The van der Waals surface area contributed by atoms with Crippen LogP contribution in [0.15, 0.2) is 22.7 Å². The van der Waals surface area contributed by atoms with Gasteiger partial charge in [0.2, 0.25) is 5.91 Å². The zero-order chi connectivity index (χ0) is 14.4. The second-order valence-electron chi connectivity index (χ2n) is 4.49. The molecule has 0 aliphatic heterocycles. The molecule has 104 valence electrons. The van der Waals surface area contributed by atoms with Gasteiger partial charge in [0, 0.05) is 16.2 Å². The number of anilines is 1. The van der Waals surface area contributed by atoms with E-state index in [0.717, 1.165) is 15.7 Å². The molecule has 0 aliphatic rings. The molecule has 6 heteroatoms. The normalized spacial score (nSPS) is 10.2. The summed E-state index contributed by atoms with van der Waals surface area (Å²) in [6.07, 6.45) is 0. The zero-order valence-electron chi connectivity index (χ0n) is 11.2. The molecule has 5 nitrogen and oxygen atoms in total. The summed E-state index contributed by atoms with van der Waals surface area (Å²) in [5, 5.41) is 7.88. The van der Waals surface area contributed by atoms with E-state index in [9.17, 15) is 9.59 Å². The van der Waals surface area contributed by atoms with Gasteiger partial charge in [0.25, 0.3) is 0 Å². The maximum atomic E-state index is 11.7.